The predicted octanol–water partition coefficient (Wildman–Crippen LogP) is 4.36. The van der Waals surface area contributed by atoms with Gasteiger partial charge in [0.25, 0.3) is 0 Å². The third kappa shape index (κ3) is 4.44. The van der Waals surface area contributed by atoms with Gasteiger partial charge in [0.2, 0.25) is 5.96 Å². The van der Waals surface area contributed by atoms with Gasteiger partial charge in [-0.1, -0.05) is 57.2 Å². The molecule has 4 heteroatoms. The maximum Gasteiger partial charge on any atom is 0.222 e. The third-order valence-electron chi connectivity index (χ3n) is 4.29. The summed E-state index contributed by atoms with van der Waals surface area (Å²) in [5.74, 6) is 0.553. The molecule has 0 saturated heterocycles. The van der Waals surface area contributed by atoms with Gasteiger partial charge in [0.15, 0.2) is 0 Å². The van der Waals surface area contributed by atoms with Gasteiger partial charge in [-0.25, -0.2) is 9.98 Å². The van der Waals surface area contributed by atoms with Gasteiger partial charge in [-0.05, 0) is 47.6 Å². The summed E-state index contributed by atoms with van der Waals surface area (Å²) in [7, 11) is 0. The van der Waals surface area contributed by atoms with E-state index in [0.717, 1.165) is 17.7 Å². The summed E-state index contributed by atoms with van der Waals surface area (Å²) in [5, 5.41) is 0. The molecule has 0 spiro atoms. The minimum atomic E-state index is 0.161. The zero-order valence-corrected chi connectivity index (χ0v) is 14.9. The monoisotopic (exact) mass is 322 g/mol. The molecule has 2 aromatic carbocycles. The summed E-state index contributed by atoms with van der Waals surface area (Å²) in [6.07, 6.45) is 1.12. The third-order valence-corrected chi connectivity index (χ3v) is 4.29. The van der Waals surface area contributed by atoms with Crippen molar-refractivity contribution in [2.45, 2.75) is 39.5 Å². The lowest BCUT2D eigenvalue weighted by atomic mass is 9.82. The molecule has 0 fully saturated rings. The molecule has 24 heavy (non-hydrogen) atoms. The number of hydrogen-bond donors (Lipinski definition) is 2. The van der Waals surface area contributed by atoms with Gasteiger partial charge in [-0.2, -0.15) is 0 Å². The Balaban J connectivity index is 2.21. The topological polar surface area (TPSA) is 76.8 Å². The Hall–Kier alpha value is -2.62. The number of aliphatic imine (C=N–C) groups is 2. The molecule has 0 bridgehead atoms. The second-order valence-corrected chi connectivity index (χ2v) is 6.58. The second kappa shape index (κ2) is 7.30. The molecule has 0 atom stereocenters. The summed E-state index contributed by atoms with van der Waals surface area (Å²) in [6, 6.07) is 16.7. The lowest BCUT2D eigenvalue weighted by molar-refractivity contribution is 0.506. The average molecular weight is 322 g/mol. The number of rotatable bonds is 4. The minimum absolute atomic E-state index is 0.161. The van der Waals surface area contributed by atoms with E-state index in [1.54, 1.807) is 6.92 Å². The van der Waals surface area contributed by atoms with Gasteiger partial charge in [0, 0.05) is 0 Å². The summed E-state index contributed by atoms with van der Waals surface area (Å²) < 4.78 is 0. The largest absolute Gasteiger partial charge is 0.387 e. The first-order valence-electron chi connectivity index (χ1n) is 8.18. The molecule has 0 aliphatic carbocycles. The van der Waals surface area contributed by atoms with Crippen molar-refractivity contribution in [1.82, 2.24) is 0 Å². The molecule has 4 nitrogen and oxygen atoms in total. The molecule has 0 heterocycles. The fourth-order valence-electron chi connectivity index (χ4n) is 2.38. The summed E-state index contributed by atoms with van der Waals surface area (Å²) in [4.78, 5) is 8.13. The Morgan fingerprint density at radius 2 is 1.42 bits per heavy atom. The van der Waals surface area contributed by atoms with Crippen LogP contribution in [0.25, 0.3) is 11.1 Å². The van der Waals surface area contributed by atoms with E-state index in [9.17, 15) is 0 Å². The number of amidine groups is 1. The highest BCUT2D eigenvalue weighted by Crippen LogP contribution is 2.29. The Morgan fingerprint density at radius 3 is 1.88 bits per heavy atom. The van der Waals surface area contributed by atoms with Crippen molar-refractivity contribution in [3.63, 3.8) is 0 Å². The SMILES string of the molecule is CCC(C)(C)c1ccc(-c2ccc(N=C(N)/N=C(/C)N)cc2)cc1. The van der Waals surface area contributed by atoms with Crippen LogP contribution in [0.15, 0.2) is 58.5 Å². The van der Waals surface area contributed by atoms with E-state index in [1.807, 2.05) is 24.3 Å². The Kier molecular flexibility index (Phi) is 5.39. The first kappa shape index (κ1) is 17.7. The van der Waals surface area contributed by atoms with E-state index < -0.39 is 0 Å². The Labute approximate surface area is 144 Å². The molecule has 0 amide bonds. The van der Waals surface area contributed by atoms with E-state index >= 15 is 0 Å². The lowest BCUT2D eigenvalue weighted by Gasteiger charge is -2.23. The zero-order valence-electron chi connectivity index (χ0n) is 14.9. The van der Waals surface area contributed by atoms with E-state index in [4.69, 9.17) is 11.5 Å². The van der Waals surface area contributed by atoms with Gasteiger partial charge in [-0.3, -0.25) is 0 Å². The highest BCUT2D eigenvalue weighted by atomic mass is 15.1. The van der Waals surface area contributed by atoms with E-state index in [-0.39, 0.29) is 11.4 Å². The molecule has 126 valence electrons. The molecule has 0 radical (unpaired) electrons. The standard InChI is InChI=1S/C20H26N4/c1-5-20(3,4)17-10-6-15(7-11-17)16-8-12-18(13-9-16)24-19(22)23-14(2)21/h6-13H,5H2,1-4H3,(H4,21,22,23,24). The number of nitrogens with two attached hydrogens (primary N) is 2. The van der Waals surface area contributed by atoms with Gasteiger partial charge >= 0.3 is 0 Å². The van der Waals surface area contributed by atoms with Crippen LogP contribution < -0.4 is 11.5 Å². The van der Waals surface area contributed by atoms with Crippen molar-refractivity contribution in [3.05, 3.63) is 54.1 Å². The summed E-state index contributed by atoms with van der Waals surface area (Å²) >= 11 is 0. The smallest absolute Gasteiger partial charge is 0.222 e. The van der Waals surface area contributed by atoms with Crippen LogP contribution in [0.1, 0.15) is 39.7 Å². The molecule has 0 saturated carbocycles. The van der Waals surface area contributed by atoms with Crippen molar-refractivity contribution < 1.29 is 0 Å². The van der Waals surface area contributed by atoms with Crippen molar-refractivity contribution >= 4 is 17.5 Å². The molecular formula is C20H26N4. The van der Waals surface area contributed by atoms with Crippen molar-refractivity contribution in [1.29, 1.82) is 0 Å². The van der Waals surface area contributed by atoms with E-state index in [2.05, 4.69) is 55.0 Å². The zero-order chi connectivity index (χ0) is 17.7. The van der Waals surface area contributed by atoms with Crippen LogP contribution in [0.4, 0.5) is 5.69 Å². The maximum atomic E-state index is 5.71. The number of hydrogen-bond acceptors (Lipinski definition) is 1. The highest BCUT2D eigenvalue weighted by Gasteiger charge is 2.17. The minimum Gasteiger partial charge on any atom is -0.387 e. The molecule has 2 rings (SSSR count). The molecular weight excluding hydrogens is 296 g/mol. The van der Waals surface area contributed by atoms with Crippen LogP contribution in [0.3, 0.4) is 0 Å². The molecule has 0 aromatic heterocycles. The fourth-order valence-corrected chi connectivity index (χ4v) is 2.38. The molecule has 2 aromatic rings. The number of nitrogens with zero attached hydrogens (tertiary/aromatic N) is 2. The quantitative estimate of drug-likeness (QED) is 0.648. The van der Waals surface area contributed by atoms with Crippen molar-refractivity contribution in [2.24, 2.45) is 21.5 Å². The van der Waals surface area contributed by atoms with Gasteiger partial charge in [0.05, 0.1) is 11.5 Å². The summed E-state index contributed by atoms with van der Waals surface area (Å²) in [5.41, 5.74) is 15.8. The van der Waals surface area contributed by atoms with Crippen LogP contribution >= 0.6 is 0 Å². The van der Waals surface area contributed by atoms with Gasteiger partial charge in [0.1, 0.15) is 0 Å². The van der Waals surface area contributed by atoms with Crippen LogP contribution in [-0.2, 0) is 5.41 Å². The average Bonchev–Trinajstić information content (AvgIpc) is 2.55. The van der Waals surface area contributed by atoms with E-state index in [1.165, 1.54) is 11.1 Å². The number of guanidine groups is 1. The maximum absolute atomic E-state index is 5.71. The summed E-state index contributed by atoms with van der Waals surface area (Å²) in [6.45, 7) is 8.43. The molecule has 4 N–H and O–H groups in total. The first-order chi connectivity index (χ1) is 11.3. The second-order valence-electron chi connectivity index (χ2n) is 6.58. The van der Waals surface area contributed by atoms with Crippen molar-refractivity contribution in [3.8, 4) is 11.1 Å². The Bertz CT molecular complexity index is 734. The predicted molar refractivity (Wildman–Crippen MR) is 104 cm³/mol. The van der Waals surface area contributed by atoms with Crippen LogP contribution in [0.2, 0.25) is 0 Å². The molecule has 0 aliphatic heterocycles. The van der Waals surface area contributed by atoms with E-state index in [0.29, 0.717) is 5.84 Å². The van der Waals surface area contributed by atoms with Crippen molar-refractivity contribution in [2.75, 3.05) is 0 Å². The Morgan fingerprint density at radius 1 is 0.917 bits per heavy atom. The highest BCUT2D eigenvalue weighted by molar-refractivity contribution is 5.94. The molecule has 0 aliphatic rings. The van der Waals surface area contributed by atoms with Crippen LogP contribution in [0.5, 0.6) is 0 Å². The lowest BCUT2D eigenvalue weighted by Crippen LogP contribution is -2.15. The first-order valence-corrected chi connectivity index (χ1v) is 8.18. The molecule has 0 unspecified atom stereocenters. The van der Waals surface area contributed by atoms with Crippen LogP contribution in [0, 0.1) is 0 Å². The van der Waals surface area contributed by atoms with Gasteiger partial charge < -0.3 is 11.5 Å². The normalized spacial score (nSPS) is 13.2. The number of benzene rings is 2. The van der Waals surface area contributed by atoms with Crippen LogP contribution in [-0.4, -0.2) is 11.8 Å². The van der Waals surface area contributed by atoms with Gasteiger partial charge in [-0.15, -0.1) is 0 Å². The fraction of sp³-hybridized carbons (Fsp3) is 0.300.